The van der Waals surface area contributed by atoms with Crippen LogP contribution in [0.1, 0.15) is 23.2 Å². The Labute approximate surface area is 122 Å². The molecule has 2 N–H and O–H groups in total. The fourth-order valence-electron chi connectivity index (χ4n) is 2.37. The zero-order valence-electron chi connectivity index (χ0n) is 11.7. The molecule has 1 saturated heterocycles. The molecule has 0 aliphatic carbocycles. The van der Waals surface area contributed by atoms with Gasteiger partial charge in [0.15, 0.2) is 0 Å². The van der Waals surface area contributed by atoms with Crippen molar-refractivity contribution in [1.29, 1.82) is 0 Å². The molecule has 21 heavy (non-hydrogen) atoms. The molecule has 0 atom stereocenters. The van der Waals surface area contributed by atoms with Crippen LogP contribution in [0.5, 0.6) is 0 Å². The Morgan fingerprint density at radius 2 is 1.95 bits per heavy atom. The van der Waals surface area contributed by atoms with Crippen molar-refractivity contribution in [1.82, 2.24) is 10.2 Å². The minimum absolute atomic E-state index is 0.0655. The Hall–Kier alpha value is -1.95. The van der Waals surface area contributed by atoms with Gasteiger partial charge in [0.05, 0.1) is 12.1 Å². The van der Waals surface area contributed by atoms with Crippen LogP contribution >= 0.6 is 0 Å². The third kappa shape index (κ3) is 4.01. The lowest BCUT2D eigenvalue weighted by molar-refractivity contribution is -0.131. The topological polar surface area (TPSA) is 69.6 Å². The largest absolute Gasteiger partial charge is 0.396 e. The van der Waals surface area contributed by atoms with Crippen molar-refractivity contribution in [2.24, 2.45) is 5.92 Å². The molecule has 2 rings (SSSR count). The number of piperidine rings is 1. The highest BCUT2D eigenvalue weighted by Crippen LogP contribution is 2.16. The van der Waals surface area contributed by atoms with Crippen molar-refractivity contribution >= 4 is 11.8 Å². The van der Waals surface area contributed by atoms with E-state index in [1.807, 2.05) is 0 Å². The zero-order valence-corrected chi connectivity index (χ0v) is 11.7. The highest BCUT2D eigenvalue weighted by molar-refractivity contribution is 5.96. The molecule has 1 aromatic rings. The van der Waals surface area contributed by atoms with Crippen molar-refractivity contribution < 1.29 is 19.1 Å². The number of nitrogens with zero attached hydrogens (tertiary/aromatic N) is 1. The first-order valence-corrected chi connectivity index (χ1v) is 7.03. The molecular weight excluding hydrogens is 275 g/mol. The van der Waals surface area contributed by atoms with Gasteiger partial charge >= 0.3 is 0 Å². The monoisotopic (exact) mass is 294 g/mol. The number of rotatable bonds is 4. The third-order valence-corrected chi connectivity index (χ3v) is 3.74. The van der Waals surface area contributed by atoms with E-state index < -0.39 is 11.7 Å². The minimum Gasteiger partial charge on any atom is -0.396 e. The van der Waals surface area contributed by atoms with E-state index in [4.69, 9.17) is 5.11 Å². The molecule has 0 bridgehead atoms. The fourth-order valence-corrected chi connectivity index (χ4v) is 2.37. The Kier molecular flexibility index (Phi) is 5.27. The molecule has 1 aromatic carbocycles. The van der Waals surface area contributed by atoms with E-state index in [1.165, 1.54) is 18.2 Å². The summed E-state index contributed by atoms with van der Waals surface area (Å²) < 4.78 is 13.4. The van der Waals surface area contributed by atoms with Crippen LogP contribution in [0.4, 0.5) is 4.39 Å². The smallest absolute Gasteiger partial charge is 0.254 e. The van der Waals surface area contributed by atoms with Gasteiger partial charge < -0.3 is 15.3 Å². The van der Waals surface area contributed by atoms with E-state index >= 15 is 0 Å². The molecule has 1 aliphatic rings. The van der Waals surface area contributed by atoms with E-state index in [2.05, 4.69) is 5.32 Å². The van der Waals surface area contributed by atoms with Crippen LogP contribution in [-0.2, 0) is 4.79 Å². The van der Waals surface area contributed by atoms with Crippen LogP contribution in [0.3, 0.4) is 0 Å². The van der Waals surface area contributed by atoms with Crippen molar-refractivity contribution in [3.8, 4) is 0 Å². The van der Waals surface area contributed by atoms with Gasteiger partial charge in [-0.3, -0.25) is 9.59 Å². The van der Waals surface area contributed by atoms with Gasteiger partial charge in [-0.1, -0.05) is 12.1 Å². The number of nitrogens with one attached hydrogen (secondary N) is 1. The van der Waals surface area contributed by atoms with Crippen molar-refractivity contribution in [3.05, 3.63) is 35.6 Å². The van der Waals surface area contributed by atoms with Crippen molar-refractivity contribution in [3.63, 3.8) is 0 Å². The molecule has 2 amide bonds. The molecule has 6 heteroatoms. The average molecular weight is 294 g/mol. The van der Waals surface area contributed by atoms with Crippen LogP contribution in [0.15, 0.2) is 24.3 Å². The van der Waals surface area contributed by atoms with Gasteiger partial charge in [-0.15, -0.1) is 0 Å². The number of hydrogen-bond donors (Lipinski definition) is 2. The predicted octanol–water partition coefficient (Wildman–Crippen LogP) is 0.786. The number of carbonyl (C=O) groups is 2. The van der Waals surface area contributed by atoms with Crippen molar-refractivity contribution in [2.75, 3.05) is 26.2 Å². The first-order valence-electron chi connectivity index (χ1n) is 7.03. The summed E-state index contributed by atoms with van der Waals surface area (Å²) in [5.74, 6) is -1.13. The minimum atomic E-state index is -0.605. The highest BCUT2D eigenvalue weighted by atomic mass is 19.1. The lowest BCUT2D eigenvalue weighted by Crippen LogP contribution is -2.44. The van der Waals surface area contributed by atoms with Gasteiger partial charge in [-0.05, 0) is 30.9 Å². The molecule has 0 radical (unpaired) electrons. The van der Waals surface area contributed by atoms with E-state index in [-0.39, 0.29) is 30.5 Å². The number of halogens is 1. The lowest BCUT2D eigenvalue weighted by atomic mass is 9.98. The van der Waals surface area contributed by atoms with Gasteiger partial charge in [-0.2, -0.15) is 0 Å². The Morgan fingerprint density at radius 3 is 2.57 bits per heavy atom. The molecule has 0 spiro atoms. The summed E-state index contributed by atoms with van der Waals surface area (Å²) in [7, 11) is 0. The zero-order chi connectivity index (χ0) is 15.2. The quantitative estimate of drug-likeness (QED) is 0.862. The molecule has 0 unspecified atom stereocenters. The number of hydrogen-bond acceptors (Lipinski definition) is 3. The number of amides is 2. The second-order valence-electron chi connectivity index (χ2n) is 5.17. The van der Waals surface area contributed by atoms with Gasteiger partial charge in [0, 0.05) is 19.7 Å². The number of benzene rings is 1. The molecule has 114 valence electrons. The second-order valence-corrected chi connectivity index (χ2v) is 5.17. The summed E-state index contributed by atoms with van der Waals surface area (Å²) in [5.41, 5.74) is -0.0655. The summed E-state index contributed by atoms with van der Waals surface area (Å²) in [6, 6.07) is 5.65. The normalized spacial score (nSPS) is 15.8. The standard InChI is InChI=1S/C15H19FN2O3/c16-13-4-2-1-3-12(13)15(21)17-9-14(20)18-7-5-11(10-19)6-8-18/h1-4,11,19H,5-10H2,(H,17,21). The summed E-state index contributed by atoms with van der Waals surface area (Å²) >= 11 is 0. The maximum Gasteiger partial charge on any atom is 0.254 e. The number of aliphatic hydroxyl groups is 1. The van der Waals surface area contributed by atoms with E-state index in [0.717, 1.165) is 12.8 Å². The first kappa shape index (κ1) is 15.4. The summed E-state index contributed by atoms with van der Waals surface area (Å²) in [4.78, 5) is 25.4. The molecule has 1 aliphatic heterocycles. The number of carbonyl (C=O) groups excluding carboxylic acids is 2. The lowest BCUT2D eigenvalue weighted by Gasteiger charge is -2.31. The summed E-state index contributed by atoms with van der Waals surface area (Å²) in [5, 5.41) is 11.5. The van der Waals surface area contributed by atoms with E-state index in [1.54, 1.807) is 11.0 Å². The Balaban J connectivity index is 1.82. The SMILES string of the molecule is O=C(NCC(=O)N1CCC(CO)CC1)c1ccccc1F. The maximum absolute atomic E-state index is 13.4. The molecule has 1 heterocycles. The van der Waals surface area contributed by atoms with E-state index in [0.29, 0.717) is 13.1 Å². The third-order valence-electron chi connectivity index (χ3n) is 3.74. The maximum atomic E-state index is 13.4. The molecular formula is C15H19FN2O3. The predicted molar refractivity (Wildman–Crippen MR) is 75.1 cm³/mol. The van der Waals surface area contributed by atoms with Gasteiger partial charge in [-0.25, -0.2) is 4.39 Å². The van der Waals surface area contributed by atoms with Crippen molar-refractivity contribution in [2.45, 2.75) is 12.8 Å². The van der Waals surface area contributed by atoms with Crippen LogP contribution in [0.25, 0.3) is 0 Å². The first-order chi connectivity index (χ1) is 10.1. The highest BCUT2D eigenvalue weighted by Gasteiger charge is 2.22. The summed E-state index contributed by atoms with van der Waals surface area (Å²) in [6.07, 6.45) is 1.53. The van der Waals surface area contributed by atoms with Crippen LogP contribution in [0, 0.1) is 11.7 Å². The molecule has 0 saturated carbocycles. The Morgan fingerprint density at radius 1 is 1.29 bits per heavy atom. The Bertz CT molecular complexity index is 513. The van der Waals surface area contributed by atoms with Gasteiger partial charge in [0.2, 0.25) is 5.91 Å². The second kappa shape index (κ2) is 7.17. The number of aliphatic hydroxyl groups excluding tert-OH is 1. The molecule has 5 nitrogen and oxygen atoms in total. The van der Waals surface area contributed by atoms with Crippen LogP contribution in [0.2, 0.25) is 0 Å². The molecule has 0 aromatic heterocycles. The van der Waals surface area contributed by atoms with Crippen LogP contribution < -0.4 is 5.32 Å². The summed E-state index contributed by atoms with van der Waals surface area (Å²) in [6.45, 7) is 1.17. The van der Waals surface area contributed by atoms with Gasteiger partial charge in [0.25, 0.3) is 5.91 Å². The number of likely N-dealkylation sites (tertiary alicyclic amines) is 1. The molecule has 1 fully saturated rings. The van der Waals surface area contributed by atoms with E-state index in [9.17, 15) is 14.0 Å². The fraction of sp³-hybridized carbons (Fsp3) is 0.467. The average Bonchev–Trinajstić information content (AvgIpc) is 2.52. The van der Waals surface area contributed by atoms with Gasteiger partial charge in [0.1, 0.15) is 5.82 Å². The van der Waals surface area contributed by atoms with Crippen LogP contribution in [-0.4, -0.2) is 48.1 Å².